The van der Waals surface area contributed by atoms with Crippen LogP contribution in [0.4, 0.5) is 5.69 Å². The molecule has 126 valence electrons. The second-order valence-corrected chi connectivity index (χ2v) is 7.22. The molecule has 0 unspecified atom stereocenters. The average molecular weight is 351 g/mol. The Morgan fingerprint density at radius 3 is 2.76 bits per heavy atom. The van der Waals surface area contributed by atoms with Gasteiger partial charge in [0.1, 0.15) is 5.01 Å². The summed E-state index contributed by atoms with van der Waals surface area (Å²) in [6, 6.07) is 14.9. The molecule has 5 nitrogen and oxygen atoms in total. The van der Waals surface area contributed by atoms with Crippen LogP contribution in [0.15, 0.2) is 48.5 Å². The number of fused-ring (bicyclic) bond motifs is 1. The smallest absolute Gasteiger partial charge is 0.251 e. The predicted octanol–water partition coefficient (Wildman–Crippen LogP) is 3.57. The van der Waals surface area contributed by atoms with E-state index in [0.717, 1.165) is 28.1 Å². The molecule has 0 bridgehead atoms. The Bertz CT molecular complexity index is 914. The van der Waals surface area contributed by atoms with Gasteiger partial charge in [-0.25, -0.2) is 4.98 Å². The number of benzene rings is 2. The molecule has 1 aromatic heterocycles. The predicted molar refractivity (Wildman–Crippen MR) is 98.6 cm³/mol. The van der Waals surface area contributed by atoms with Crippen LogP contribution in [0.2, 0.25) is 0 Å². The zero-order valence-corrected chi connectivity index (χ0v) is 14.3. The van der Waals surface area contributed by atoms with Crippen LogP contribution in [0.3, 0.4) is 0 Å². The van der Waals surface area contributed by atoms with Crippen LogP contribution in [0.25, 0.3) is 10.2 Å². The minimum atomic E-state index is -0.179. The molecule has 1 heterocycles. The summed E-state index contributed by atoms with van der Waals surface area (Å²) in [6.45, 7) is 0.386. The van der Waals surface area contributed by atoms with Crippen molar-refractivity contribution < 1.29 is 9.59 Å². The van der Waals surface area contributed by atoms with E-state index in [1.54, 1.807) is 35.6 Å². The van der Waals surface area contributed by atoms with Gasteiger partial charge >= 0.3 is 0 Å². The Morgan fingerprint density at radius 2 is 1.96 bits per heavy atom. The van der Waals surface area contributed by atoms with Gasteiger partial charge < -0.3 is 10.6 Å². The highest BCUT2D eigenvalue weighted by atomic mass is 32.1. The Labute approximate surface area is 149 Å². The first-order valence-corrected chi connectivity index (χ1v) is 9.04. The van der Waals surface area contributed by atoms with Crippen molar-refractivity contribution in [3.8, 4) is 0 Å². The van der Waals surface area contributed by atoms with Crippen molar-refractivity contribution in [3.05, 3.63) is 59.1 Å². The quantitative estimate of drug-likeness (QED) is 0.738. The van der Waals surface area contributed by atoms with Crippen molar-refractivity contribution in [2.24, 2.45) is 5.92 Å². The second-order valence-electron chi connectivity index (χ2n) is 6.10. The Balaban J connectivity index is 1.41. The van der Waals surface area contributed by atoms with Crippen molar-refractivity contribution >= 4 is 39.1 Å². The fourth-order valence-electron chi connectivity index (χ4n) is 2.58. The van der Waals surface area contributed by atoms with Crippen LogP contribution in [0, 0.1) is 5.92 Å². The Morgan fingerprint density at radius 1 is 1.12 bits per heavy atom. The maximum Gasteiger partial charge on any atom is 0.251 e. The van der Waals surface area contributed by atoms with E-state index in [1.807, 2.05) is 24.3 Å². The number of para-hydroxylation sites is 1. The lowest BCUT2D eigenvalue weighted by molar-refractivity contribution is -0.117. The van der Waals surface area contributed by atoms with E-state index in [0.29, 0.717) is 17.8 Å². The molecule has 0 aliphatic heterocycles. The number of anilines is 1. The molecule has 2 aromatic carbocycles. The zero-order valence-electron chi connectivity index (χ0n) is 13.5. The average Bonchev–Trinajstić information content (AvgIpc) is 3.39. The van der Waals surface area contributed by atoms with Gasteiger partial charge in [0, 0.05) is 17.2 Å². The van der Waals surface area contributed by atoms with Gasteiger partial charge in [0.05, 0.1) is 16.8 Å². The number of rotatable bonds is 5. The van der Waals surface area contributed by atoms with Crippen LogP contribution in [0.1, 0.15) is 28.2 Å². The van der Waals surface area contributed by atoms with Crippen LogP contribution in [-0.4, -0.2) is 16.8 Å². The third kappa shape index (κ3) is 3.69. The number of nitrogens with zero attached hydrogens (tertiary/aromatic N) is 1. The summed E-state index contributed by atoms with van der Waals surface area (Å²) in [7, 11) is 0. The molecule has 2 N–H and O–H groups in total. The first-order chi connectivity index (χ1) is 12.2. The van der Waals surface area contributed by atoms with Crippen molar-refractivity contribution in [2.45, 2.75) is 19.4 Å². The lowest BCUT2D eigenvalue weighted by Gasteiger charge is -2.07. The third-order valence-corrected chi connectivity index (χ3v) is 5.12. The lowest BCUT2D eigenvalue weighted by atomic mass is 10.2. The third-order valence-electron chi connectivity index (χ3n) is 4.08. The molecule has 25 heavy (non-hydrogen) atoms. The molecule has 1 aliphatic carbocycles. The van der Waals surface area contributed by atoms with Gasteiger partial charge in [-0.05, 0) is 43.2 Å². The van der Waals surface area contributed by atoms with Crippen molar-refractivity contribution in [1.82, 2.24) is 10.3 Å². The highest BCUT2D eigenvalue weighted by Gasteiger charge is 2.29. The van der Waals surface area contributed by atoms with Gasteiger partial charge in [-0.15, -0.1) is 11.3 Å². The molecular formula is C19H17N3O2S. The fraction of sp³-hybridized carbons (Fsp3) is 0.211. The van der Waals surface area contributed by atoms with E-state index in [2.05, 4.69) is 15.6 Å². The summed E-state index contributed by atoms with van der Waals surface area (Å²) in [6.07, 6.45) is 1.91. The standard InChI is InChI=1S/C19H17N3O2S/c23-18(20-11-17-22-15-6-1-2-7-16(15)25-17)13-4-3-5-14(10-13)21-19(24)12-8-9-12/h1-7,10,12H,8-9,11H2,(H,20,23)(H,21,24). The number of hydrogen-bond donors (Lipinski definition) is 2. The number of hydrogen-bond acceptors (Lipinski definition) is 4. The van der Waals surface area contributed by atoms with E-state index in [4.69, 9.17) is 0 Å². The number of carbonyl (C=O) groups is 2. The normalized spacial score (nSPS) is 13.6. The second kappa shape index (κ2) is 6.64. The molecule has 0 radical (unpaired) electrons. The first-order valence-electron chi connectivity index (χ1n) is 8.22. The summed E-state index contributed by atoms with van der Waals surface area (Å²) >= 11 is 1.57. The van der Waals surface area contributed by atoms with Crippen LogP contribution in [-0.2, 0) is 11.3 Å². The number of carbonyl (C=O) groups excluding carboxylic acids is 2. The maximum absolute atomic E-state index is 12.4. The largest absolute Gasteiger partial charge is 0.346 e. The van der Waals surface area contributed by atoms with Gasteiger partial charge in [0.25, 0.3) is 5.91 Å². The van der Waals surface area contributed by atoms with Crippen molar-refractivity contribution in [1.29, 1.82) is 0 Å². The SMILES string of the molecule is O=C(NCc1nc2ccccc2s1)c1cccc(NC(=O)C2CC2)c1. The van der Waals surface area contributed by atoms with Gasteiger partial charge in [-0.2, -0.15) is 0 Å². The van der Waals surface area contributed by atoms with Crippen LogP contribution < -0.4 is 10.6 Å². The number of nitrogens with one attached hydrogen (secondary N) is 2. The summed E-state index contributed by atoms with van der Waals surface area (Å²) in [5.41, 5.74) is 2.13. The van der Waals surface area contributed by atoms with E-state index in [1.165, 1.54) is 0 Å². The van der Waals surface area contributed by atoms with E-state index in [9.17, 15) is 9.59 Å². The Kier molecular flexibility index (Phi) is 4.19. The highest BCUT2D eigenvalue weighted by Crippen LogP contribution is 2.30. The van der Waals surface area contributed by atoms with Crippen LogP contribution >= 0.6 is 11.3 Å². The molecule has 1 aliphatic rings. The summed E-state index contributed by atoms with van der Waals surface area (Å²) < 4.78 is 1.11. The highest BCUT2D eigenvalue weighted by molar-refractivity contribution is 7.18. The molecule has 6 heteroatoms. The molecule has 0 atom stereocenters. The van der Waals surface area contributed by atoms with Gasteiger partial charge in [0.15, 0.2) is 0 Å². The monoisotopic (exact) mass is 351 g/mol. The van der Waals surface area contributed by atoms with E-state index in [-0.39, 0.29) is 17.7 Å². The molecular weight excluding hydrogens is 334 g/mol. The molecule has 0 spiro atoms. The molecule has 0 saturated heterocycles. The number of amides is 2. The van der Waals surface area contributed by atoms with Crippen molar-refractivity contribution in [3.63, 3.8) is 0 Å². The topological polar surface area (TPSA) is 71.1 Å². The molecule has 1 saturated carbocycles. The van der Waals surface area contributed by atoms with Gasteiger partial charge in [-0.1, -0.05) is 18.2 Å². The first kappa shape index (κ1) is 15.8. The fourth-order valence-corrected chi connectivity index (χ4v) is 3.49. The number of aromatic nitrogens is 1. The van der Waals surface area contributed by atoms with Gasteiger partial charge in [-0.3, -0.25) is 9.59 Å². The minimum absolute atomic E-state index is 0.0343. The maximum atomic E-state index is 12.4. The summed E-state index contributed by atoms with van der Waals surface area (Å²) in [4.78, 5) is 28.7. The summed E-state index contributed by atoms with van der Waals surface area (Å²) in [5.74, 6) is -0.00895. The molecule has 2 amide bonds. The van der Waals surface area contributed by atoms with Crippen LogP contribution in [0.5, 0.6) is 0 Å². The van der Waals surface area contributed by atoms with Crippen molar-refractivity contribution in [2.75, 3.05) is 5.32 Å². The Hall–Kier alpha value is -2.73. The molecule has 3 aromatic rings. The lowest BCUT2D eigenvalue weighted by Crippen LogP contribution is -2.23. The van der Waals surface area contributed by atoms with E-state index < -0.39 is 0 Å². The zero-order chi connectivity index (χ0) is 17.2. The minimum Gasteiger partial charge on any atom is -0.346 e. The molecule has 4 rings (SSSR count). The van der Waals surface area contributed by atoms with E-state index >= 15 is 0 Å². The van der Waals surface area contributed by atoms with Gasteiger partial charge in [0.2, 0.25) is 5.91 Å². The number of thiazole rings is 1. The summed E-state index contributed by atoms with van der Waals surface area (Å²) in [5, 5.41) is 6.62. The molecule has 1 fully saturated rings.